The monoisotopic (exact) mass is 330 g/mol. The largest absolute Gasteiger partial charge is 0.493 e. The van der Waals surface area contributed by atoms with E-state index in [2.05, 4.69) is 10.3 Å². The van der Waals surface area contributed by atoms with Gasteiger partial charge in [0, 0.05) is 12.3 Å². The highest BCUT2D eigenvalue weighted by Gasteiger charge is 2.22. The summed E-state index contributed by atoms with van der Waals surface area (Å²) in [6.07, 6.45) is 5.75. The molecular formula is C17H18N2O3S. The molecule has 1 aromatic heterocycles. The summed E-state index contributed by atoms with van der Waals surface area (Å²) < 4.78 is 11.2. The van der Waals surface area contributed by atoms with Gasteiger partial charge in [0.25, 0.3) is 5.91 Å². The van der Waals surface area contributed by atoms with Crippen LogP contribution in [0.15, 0.2) is 24.4 Å². The number of hydrogen-bond donors (Lipinski definition) is 1. The molecule has 0 spiro atoms. The number of ether oxygens (including phenoxy) is 2. The maximum Gasteiger partial charge on any atom is 0.267 e. The van der Waals surface area contributed by atoms with Gasteiger partial charge in [-0.05, 0) is 49.4 Å². The Morgan fingerprint density at radius 1 is 1.30 bits per heavy atom. The van der Waals surface area contributed by atoms with Crippen molar-refractivity contribution in [1.82, 2.24) is 4.98 Å². The molecular weight excluding hydrogens is 312 g/mol. The van der Waals surface area contributed by atoms with Crippen molar-refractivity contribution < 1.29 is 14.3 Å². The first-order chi connectivity index (χ1) is 11.3. The predicted octanol–water partition coefficient (Wildman–Crippen LogP) is 3.57. The first-order valence-corrected chi connectivity index (χ1v) is 8.76. The molecule has 2 aromatic rings. The van der Waals surface area contributed by atoms with Crippen LogP contribution in [-0.4, -0.2) is 24.1 Å². The van der Waals surface area contributed by atoms with Crippen LogP contribution in [0.4, 0.5) is 5.69 Å². The van der Waals surface area contributed by atoms with Crippen molar-refractivity contribution in [2.75, 3.05) is 18.5 Å². The number of carbonyl (C=O) groups is 1. The lowest BCUT2D eigenvalue weighted by molar-refractivity contribution is 0.103. The van der Waals surface area contributed by atoms with Crippen LogP contribution in [0.1, 0.15) is 45.6 Å². The Morgan fingerprint density at radius 2 is 2.26 bits per heavy atom. The molecule has 1 fully saturated rings. The lowest BCUT2D eigenvalue weighted by atomic mass is 10.1. The molecule has 0 bridgehead atoms. The van der Waals surface area contributed by atoms with Crippen molar-refractivity contribution in [2.24, 2.45) is 0 Å². The number of aromatic nitrogens is 1. The predicted molar refractivity (Wildman–Crippen MR) is 88.3 cm³/mol. The van der Waals surface area contributed by atoms with Gasteiger partial charge in [0.1, 0.15) is 21.7 Å². The van der Waals surface area contributed by atoms with Crippen LogP contribution in [0.3, 0.4) is 0 Å². The van der Waals surface area contributed by atoms with Gasteiger partial charge >= 0.3 is 0 Å². The van der Waals surface area contributed by atoms with Gasteiger partial charge in [0.05, 0.1) is 12.8 Å². The molecule has 5 nitrogen and oxygen atoms in total. The van der Waals surface area contributed by atoms with E-state index in [-0.39, 0.29) is 12.0 Å². The second-order valence-electron chi connectivity index (χ2n) is 5.79. The van der Waals surface area contributed by atoms with Crippen molar-refractivity contribution in [2.45, 2.75) is 31.8 Å². The molecule has 120 valence electrons. The zero-order valence-corrected chi connectivity index (χ0v) is 13.5. The second kappa shape index (κ2) is 6.29. The molecule has 1 amide bonds. The second-order valence-corrected chi connectivity index (χ2v) is 6.86. The number of rotatable bonds is 3. The fourth-order valence-corrected chi connectivity index (χ4v) is 3.84. The Morgan fingerprint density at radius 3 is 3.13 bits per heavy atom. The fourth-order valence-electron chi connectivity index (χ4n) is 2.94. The van der Waals surface area contributed by atoms with Crippen LogP contribution in [-0.2, 0) is 11.2 Å². The van der Waals surface area contributed by atoms with E-state index in [0.29, 0.717) is 4.88 Å². The van der Waals surface area contributed by atoms with Gasteiger partial charge in [-0.25, -0.2) is 4.98 Å². The molecule has 2 aliphatic heterocycles. The van der Waals surface area contributed by atoms with Crippen LogP contribution < -0.4 is 10.1 Å². The van der Waals surface area contributed by atoms with Gasteiger partial charge in [0.2, 0.25) is 0 Å². The van der Waals surface area contributed by atoms with E-state index in [9.17, 15) is 4.79 Å². The first-order valence-electron chi connectivity index (χ1n) is 7.94. The number of amides is 1. The van der Waals surface area contributed by atoms with Crippen molar-refractivity contribution in [3.05, 3.63) is 39.8 Å². The van der Waals surface area contributed by atoms with E-state index < -0.39 is 0 Å². The number of nitrogens with zero attached hydrogens (tertiary/aromatic N) is 1. The Labute approximate surface area is 138 Å². The molecule has 0 aliphatic carbocycles. The third kappa shape index (κ3) is 3.09. The third-order valence-corrected chi connectivity index (χ3v) is 5.21. The molecule has 1 atom stereocenters. The number of hydrogen-bond acceptors (Lipinski definition) is 5. The summed E-state index contributed by atoms with van der Waals surface area (Å²) in [4.78, 5) is 17.4. The molecule has 2 aliphatic rings. The smallest absolute Gasteiger partial charge is 0.267 e. The number of carbonyl (C=O) groups excluding carboxylic acids is 1. The summed E-state index contributed by atoms with van der Waals surface area (Å²) >= 11 is 1.41. The zero-order chi connectivity index (χ0) is 15.6. The molecule has 3 heterocycles. The average molecular weight is 330 g/mol. The van der Waals surface area contributed by atoms with Gasteiger partial charge in [0.15, 0.2) is 0 Å². The minimum atomic E-state index is -0.122. The van der Waals surface area contributed by atoms with Gasteiger partial charge < -0.3 is 14.8 Å². The number of nitrogens with one attached hydrogen (secondary N) is 1. The maximum atomic E-state index is 12.4. The minimum Gasteiger partial charge on any atom is -0.493 e. The number of benzene rings is 1. The summed E-state index contributed by atoms with van der Waals surface area (Å²) in [6.45, 7) is 1.55. The van der Waals surface area contributed by atoms with Crippen molar-refractivity contribution in [3.8, 4) is 5.75 Å². The zero-order valence-electron chi connectivity index (χ0n) is 12.7. The Hall–Kier alpha value is -1.92. The van der Waals surface area contributed by atoms with E-state index in [1.165, 1.54) is 11.3 Å². The number of anilines is 1. The molecule has 1 N–H and O–H groups in total. The van der Waals surface area contributed by atoms with E-state index in [4.69, 9.17) is 9.47 Å². The summed E-state index contributed by atoms with van der Waals surface area (Å²) in [5.41, 5.74) is 1.95. The molecule has 4 rings (SSSR count). The Kier molecular flexibility index (Phi) is 4.01. The maximum absolute atomic E-state index is 12.4. The highest BCUT2D eigenvalue weighted by molar-refractivity contribution is 7.13. The summed E-state index contributed by atoms with van der Waals surface area (Å²) in [5.74, 6) is 0.802. The van der Waals surface area contributed by atoms with Crippen molar-refractivity contribution >= 4 is 22.9 Å². The van der Waals surface area contributed by atoms with E-state index in [1.54, 1.807) is 6.20 Å². The number of fused-ring (bicyclic) bond motifs is 1. The van der Waals surface area contributed by atoms with Crippen LogP contribution in [0, 0.1) is 0 Å². The van der Waals surface area contributed by atoms with Crippen LogP contribution in [0.5, 0.6) is 5.75 Å². The molecule has 23 heavy (non-hydrogen) atoms. The lowest BCUT2D eigenvalue weighted by Crippen LogP contribution is -2.12. The standard InChI is InChI=1S/C17H18N2O3S/c20-16(15-10-18-17(23-15)14-4-2-8-22-14)19-12-5-6-13-11(9-12)3-1-7-21-13/h5-6,9-10,14H,1-4,7-8H2,(H,19,20). The van der Waals surface area contributed by atoms with Gasteiger partial charge in [-0.2, -0.15) is 0 Å². The SMILES string of the molecule is O=C(Nc1ccc2c(c1)CCCO2)c1cnc(C2CCCO2)s1. The highest BCUT2D eigenvalue weighted by Crippen LogP contribution is 2.32. The topological polar surface area (TPSA) is 60.5 Å². The normalized spacial score (nSPS) is 19.9. The average Bonchev–Trinajstić information content (AvgIpc) is 3.26. The third-order valence-electron chi connectivity index (χ3n) is 4.12. The molecule has 1 unspecified atom stereocenters. The van der Waals surface area contributed by atoms with Crippen LogP contribution >= 0.6 is 11.3 Å². The Bertz CT molecular complexity index is 722. The molecule has 6 heteroatoms. The van der Waals surface area contributed by atoms with E-state index in [0.717, 1.165) is 60.9 Å². The molecule has 0 radical (unpaired) electrons. The van der Waals surface area contributed by atoms with Gasteiger partial charge in [-0.1, -0.05) is 0 Å². The quantitative estimate of drug-likeness (QED) is 0.934. The first kappa shape index (κ1) is 14.7. The fraction of sp³-hybridized carbons (Fsp3) is 0.412. The molecule has 0 saturated carbocycles. The van der Waals surface area contributed by atoms with Crippen LogP contribution in [0.25, 0.3) is 0 Å². The Balaban J connectivity index is 1.47. The van der Waals surface area contributed by atoms with Gasteiger partial charge in [-0.3, -0.25) is 4.79 Å². The molecule has 1 aromatic carbocycles. The highest BCUT2D eigenvalue weighted by atomic mass is 32.1. The lowest BCUT2D eigenvalue weighted by Gasteiger charge is -2.17. The van der Waals surface area contributed by atoms with E-state index in [1.807, 2.05) is 18.2 Å². The van der Waals surface area contributed by atoms with Gasteiger partial charge in [-0.15, -0.1) is 11.3 Å². The summed E-state index contributed by atoms with van der Waals surface area (Å²) in [5, 5.41) is 3.84. The number of aryl methyl sites for hydroxylation is 1. The van der Waals surface area contributed by atoms with E-state index >= 15 is 0 Å². The number of thiazole rings is 1. The minimum absolute atomic E-state index is 0.0578. The summed E-state index contributed by atoms with van der Waals surface area (Å²) in [6, 6.07) is 5.80. The summed E-state index contributed by atoms with van der Waals surface area (Å²) in [7, 11) is 0. The van der Waals surface area contributed by atoms with Crippen molar-refractivity contribution in [3.63, 3.8) is 0 Å². The van der Waals surface area contributed by atoms with Crippen molar-refractivity contribution in [1.29, 1.82) is 0 Å². The van der Waals surface area contributed by atoms with Crippen LogP contribution in [0.2, 0.25) is 0 Å². The molecule has 1 saturated heterocycles.